The van der Waals surface area contributed by atoms with Crippen LogP contribution in [0.4, 0.5) is 17.5 Å². The molecule has 5 rings (SSSR count). The molecule has 1 aliphatic carbocycles. The summed E-state index contributed by atoms with van der Waals surface area (Å²) in [6, 6.07) is 15.2. The van der Waals surface area contributed by atoms with Crippen LogP contribution in [0.15, 0.2) is 48.7 Å². The summed E-state index contributed by atoms with van der Waals surface area (Å²) in [4.78, 5) is 22.5. The van der Waals surface area contributed by atoms with Crippen LogP contribution in [0.25, 0.3) is 11.1 Å². The molecular formula is C32H42N6O3. The molecule has 0 amide bonds. The van der Waals surface area contributed by atoms with Crippen molar-refractivity contribution in [2.24, 2.45) is 11.8 Å². The van der Waals surface area contributed by atoms with Gasteiger partial charge in [0, 0.05) is 26.2 Å². The number of benzene rings is 2. The van der Waals surface area contributed by atoms with Gasteiger partial charge in [0.1, 0.15) is 6.20 Å². The summed E-state index contributed by atoms with van der Waals surface area (Å²) in [5.74, 6) is 1.39. The third-order valence-corrected chi connectivity index (χ3v) is 8.72. The molecule has 2 heterocycles. The lowest BCUT2D eigenvalue weighted by Gasteiger charge is -2.27. The number of hydrogen-bond donors (Lipinski definition) is 3. The third-order valence-electron chi connectivity index (χ3n) is 8.72. The number of anilines is 2. The maximum absolute atomic E-state index is 11.6. The second-order valence-corrected chi connectivity index (χ2v) is 11.6. The van der Waals surface area contributed by atoms with E-state index in [0.29, 0.717) is 30.9 Å². The molecule has 218 valence electrons. The van der Waals surface area contributed by atoms with E-state index in [9.17, 15) is 15.2 Å². The van der Waals surface area contributed by atoms with Crippen LogP contribution in [0.5, 0.6) is 0 Å². The largest absolute Gasteiger partial charge is 0.396 e. The number of likely N-dealkylation sites (tertiary alicyclic amines) is 1. The fourth-order valence-electron chi connectivity index (χ4n) is 6.16. The minimum absolute atomic E-state index is 0.123. The fourth-order valence-corrected chi connectivity index (χ4v) is 6.16. The smallest absolute Gasteiger partial charge is 0.329 e. The van der Waals surface area contributed by atoms with E-state index in [0.717, 1.165) is 37.8 Å². The van der Waals surface area contributed by atoms with Gasteiger partial charge in [-0.3, -0.25) is 15.0 Å². The lowest BCUT2D eigenvalue weighted by Crippen LogP contribution is -2.29. The molecule has 1 aliphatic heterocycles. The minimum Gasteiger partial charge on any atom is -0.396 e. The summed E-state index contributed by atoms with van der Waals surface area (Å²) >= 11 is 0. The maximum atomic E-state index is 11.6. The number of nitrogens with one attached hydrogen (secondary N) is 2. The molecule has 3 N–H and O–H groups in total. The Morgan fingerprint density at radius 3 is 2.54 bits per heavy atom. The summed E-state index contributed by atoms with van der Waals surface area (Å²) < 4.78 is 0. The van der Waals surface area contributed by atoms with Gasteiger partial charge in [-0.15, -0.1) is 0 Å². The van der Waals surface area contributed by atoms with Gasteiger partial charge in [0.2, 0.25) is 11.8 Å². The monoisotopic (exact) mass is 558 g/mol. The number of nitrogens with zero attached hydrogens (tertiary/aromatic N) is 4. The minimum atomic E-state index is -0.443. The molecule has 9 heteroatoms. The molecule has 1 saturated heterocycles. The van der Waals surface area contributed by atoms with Crippen LogP contribution in [0, 0.1) is 28.9 Å². The summed E-state index contributed by atoms with van der Waals surface area (Å²) in [6.45, 7) is 6.85. The van der Waals surface area contributed by atoms with Gasteiger partial charge in [-0.05, 0) is 104 Å². The Hall–Kier alpha value is -3.56. The molecule has 2 aromatic carbocycles. The molecule has 0 spiro atoms. The quantitative estimate of drug-likeness (QED) is 0.189. The molecule has 41 heavy (non-hydrogen) atoms. The predicted molar refractivity (Wildman–Crippen MR) is 163 cm³/mol. The number of aromatic nitrogens is 2. The first-order chi connectivity index (χ1) is 20.0. The van der Waals surface area contributed by atoms with E-state index in [1.807, 2.05) is 0 Å². The molecule has 2 fully saturated rings. The zero-order chi connectivity index (χ0) is 28.6. The van der Waals surface area contributed by atoms with Crippen molar-refractivity contribution in [2.75, 3.05) is 36.9 Å². The van der Waals surface area contributed by atoms with Crippen LogP contribution in [0.1, 0.15) is 61.6 Å². The number of hydrogen-bond acceptors (Lipinski definition) is 8. The van der Waals surface area contributed by atoms with E-state index in [2.05, 4.69) is 74.9 Å². The van der Waals surface area contributed by atoms with Crippen molar-refractivity contribution in [1.82, 2.24) is 14.9 Å². The zero-order valence-corrected chi connectivity index (χ0v) is 24.0. The molecule has 0 unspecified atom stereocenters. The van der Waals surface area contributed by atoms with Crippen molar-refractivity contribution in [3.63, 3.8) is 0 Å². The lowest BCUT2D eigenvalue weighted by molar-refractivity contribution is -0.384. The van der Waals surface area contributed by atoms with E-state index < -0.39 is 4.92 Å². The molecular weight excluding hydrogens is 516 g/mol. The zero-order valence-electron chi connectivity index (χ0n) is 24.0. The van der Waals surface area contributed by atoms with Gasteiger partial charge < -0.3 is 15.7 Å². The SMILES string of the molecule is Cc1c(CNc2ncc([N+](=O)[O-])c(NCC3CCC(CO)CC3)n2)cccc1-c1cccc(CN2CCCCC2)c1. The molecule has 3 aromatic rings. The molecule has 1 saturated carbocycles. The Balaban J connectivity index is 1.25. The van der Waals surface area contributed by atoms with Crippen molar-refractivity contribution >= 4 is 17.5 Å². The summed E-state index contributed by atoms with van der Waals surface area (Å²) in [6.07, 6.45) is 9.17. The highest BCUT2D eigenvalue weighted by atomic mass is 16.6. The van der Waals surface area contributed by atoms with Gasteiger partial charge >= 0.3 is 5.69 Å². The van der Waals surface area contributed by atoms with Gasteiger partial charge in [-0.2, -0.15) is 4.98 Å². The fraction of sp³-hybridized carbons (Fsp3) is 0.500. The standard InChI is InChI=1S/C32H42N6O3/c1-23-28(9-6-10-29(23)27-8-5-7-26(17-27)21-37-15-3-2-4-16-37)19-34-32-35-20-30(38(40)41)31(36-32)33-18-24-11-13-25(22-39)14-12-24/h5-10,17,20,24-25,39H,2-4,11-16,18-19,21-22H2,1H3,(H2,33,34,35,36). The summed E-state index contributed by atoms with van der Waals surface area (Å²) in [7, 11) is 0. The van der Waals surface area contributed by atoms with Crippen LogP contribution < -0.4 is 10.6 Å². The van der Waals surface area contributed by atoms with E-state index in [1.165, 1.54) is 60.8 Å². The number of rotatable bonds is 11. The van der Waals surface area contributed by atoms with Gasteiger partial charge in [0.15, 0.2) is 0 Å². The first-order valence-electron chi connectivity index (χ1n) is 15.0. The van der Waals surface area contributed by atoms with Crippen LogP contribution in [0.2, 0.25) is 0 Å². The van der Waals surface area contributed by atoms with Crippen molar-refractivity contribution < 1.29 is 10.0 Å². The molecule has 9 nitrogen and oxygen atoms in total. The van der Waals surface area contributed by atoms with Crippen LogP contribution in [-0.2, 0) is 13.1 Å². The number of aliphatic hydroxyl groups excluding tert-OH is 1. The Morgan fingerprint density at radius 2 is 1.78 bits per heavy atom. The lowest BCUT2D eigenvalue weighted by atomic mass is 9.82. The second-order valence-electron chi connectivity index (χ2n) is 11.6. The van der Waals surface area contributed by atoms with E-state index in [-0.39, 0.29) is 18.1 Å². The molecule has 0 radical (unpaired) electrons. The van der Waals surface area contributed by atoms with Crippen LogP contribution in [0.3, 0.4) is 0 Å². The van der Waals surface area contributed by atoms with Crippen molar-refractivity contribution in [3.05, 3.63) is 75.5 Å². The number of aliphatic hydroxyl groups is 1. The van der Waals surface area contributed by atoms with Gasteiger partial charge in [-0.25, -0.2) is 4.98 Å². The van der Waals surface area contributed by atoms with E-state index in [1.54, 1.807) is 0 Å². The third kappa shape index (κ3) is 7.59. The van der Waals surface area contributed by atoms with Crippen molar-refractivity contribution in [2.45, 2.75) is 65.0 Å². The highest BCUT2D eigenvalue weighted by Gasteiger charge is 2.23. The Kier molecular flexibility index (Phi) is 9.80. The first-order valence-corrected chi connectivity index (χ1v) is 15.0. The first kappa shape index (κ1) is 29.0. The van der Waals surface area contributed by atoms with Crippen LogP contribution in [-0.4, -0.2) is 51.1 Å². The van der Waals surface area contributed by atoms with E-state index >= 15 is 0 Å². The van der Waals surface area contributed by atoms with Gasteiger partial charge in [0.25, 0.3) is 0 Å². The maximum Gasteiger partial charge on any atom is 0.329 e. The predicted octanol–water partition coefficient (Wildman–Crippen LogP) is 6.17. The summed E-state index contributed by atoms with van der Waals surface area (Å²) in [5.41, 5.74) is 5.95. The highest BCUT2D eigenvalue weighted by Crippen LogP contribution is 2.31. The Labute approximate surface area is 242 Å². The summed E-state index contributed by atoms with van der Waals surface area (Å²) in [5, 5.41) is 27.5. The molecule has 0 atom stereocenters. The van der Waals surface area contributed by atoms with Gasteiger partial charge in [-0.1, -0.05) is 42.8 Å². The van der Waals surface area contributed by atoms with Crippen LogP contribution >= 0.6 is 0 Å². The average Bonchev–Trinajstić information content (AvgIpc) is 3.00. The van der Waals surface area contributed by atoms with E-state index in [4.69, 9.17) is 0 Å². The topological polar surface area (TPSA) is 116 Å². The average molecular weight is 559 g/mol. The van der Waals surface area contributed by atoms with Crippen molar-refractivity contribution in [1.29, 1.82) is 0 Å². The Morgan fingerprint density at radius 1 is 1.02 bits per heavy atom. The Bertz CT molecular complexity index is 1320. The highest BCUT2D eigenvalue weighted by molar-refractivity contribution is 5.69. The van der Waals surface area contributed by atoms with Crippen molar-refractivity contribution in [3.8, 4) is 11.1 Å². The number of piperidine rings is 1. The molecule has 0 bridgehead atoms. The molecule has 2 aliphatic rings. The molecule has 1 aromatic heterocycles. The number of nitro groups is 1. The second kappa shape index (κ2) is 13.9. The normalized spacial score (nSPS) is 19.6. The van der Waals surface area contributed by atoms with Gasteiger partial charge in [0.05, 0.1) is 4.92 Å².